The Kier molecular flexibility index (Phi) is 4.88. The Balaban J connectivity index is 1.70. The summed E-state index contributed by atoms with van der Waals surface area (Å²) < 4.78 is 1.77. The van der Waals surface area contributed by atoms with Crippen molar-refractivity contribution in [3.8, 4) is 0 Å². The first-order valence-corrected chi connectivity index (χ1v) is 7.50. The van der Waals surface area contributed by atoms with E-state index in [2.05, 4.69) is 16.7 Å². The van der Waals surface area contributed by atoms with Crippen LogP contribution in [0.1, 0.15) is 19.3 Å². The van der Waals surface area contributed by atoms with Gasteiger partial charge in [-0.3, -0.25) is 4.68 Å². The van der Waals surface area contributed by atoms with Crippen molar-refractivity contribution in [3.63, 3.8) is 0 Å². The summed E-state index contributed by atoms with van der Waals surface area (Å²) in [7, 11) is 0. The maximum atomic E-state index is 9.91. The molecule has 4 nitrogen and oxygen atoms in total. The lowest BCUT2D eigenvalue weighted by Gasteiger charge is -2.21. The molecular weight excluding hydrogens is 234 g/mol. The minimum atomic E-state index is -0.363. The van der Waals surface area contributed by atoms with Crippen LogP contribution in [0.5, 0.6) is 0 Å². The van der Waals surface area contributed by atoms with E-state index in [4.69, 9.17) is 0 Å². The van der Waals surface area contributed by atoms with Crippen LogP contribution in [0.15, 0.2) is 18.5 Å². The molecule has 2 N–H and O–H groups in total. The van der Waals surface area contributed by atoms with Crippen LogP contribution in [-0.4, -0.2) is 45.1 Å². The highest BCUT2D eigenvalue weighted by atomic mass is 32.2. The van der Waals surface area contributed by atoms with E-state index in [1.165, 1.54) is 19.3 Å². The minimum Gasteiger partial charge on any atom is -0.390 e. The molecule has 2 rings (SSSR count). The molecular formula is C12H21N3OS. The van der Waals surface area contributed by atoms with E-state index in [0.717, 1.165) is 0 Å². The molecule has 96 valence electrons. The number of thioether (sulfide) groups is 1. The van der Waals surface area contributed by atoms with Gasteiger partial charge >= 0.3 is 0 Å². The zero-order valence-corrected chi connectivity index (χ0v) is 11.1. The summed E-state index contributed by atoms with van der Waals surface area (Å²) in [6, 6.07) is 2.44. The number of hydrogen-bond acceptors (Lipinski definition) is 4. The fourth-order valence-electron chi connectivity index (χ4n) is 2.42. The molecule has 5 heteroatoms. The van der Waals surface area contributed by atoms with Gasteiger partial charge in [0.15, 0.2) is 0 Å². The third-order valence-electron chi connectivity index (χ3n) is 3.33. The molecule has 1 saturated carbocycles. The van der Waals surface area contributed by atoms with Gasteiger partial charge in [-0.15, -0.1) is 0 Å². The standard InChI is InChI=1S/C12H21N3OS/c1-17-12-5-2-4-11(12)13-8-10(16)9-15-7-3-6-14-15/h3,6-7,10-13,16H,2,4-5,8-9H2,1H3. The van der Waals surface area contributed by atoms with Crippen molar-refractivity contribution in [3.05, 3.63) is 18.5 Å². The van der Waals surface area contributed by atoms with Crippen molar-refractivity contribution < 1.29 is 5.11 Å². The SMILES string of the molecule is CSC1CCCC1NCC(O)Cn1cccn1. The number of nitrogens with one attached hydrogen (secondary N) is 1. The van der Waals surface area contributed by atoms with Crippen LogP contribution < -0.4 is 5.32 Å². The Labute approximate surface area is 107 Å². The summed E-state index contributed by atoms with van der Waals surface area (Å²) in [5.74, 6) is 0. The third-order valence-corrected chi connectivity index (χ3v) is 4.50. The van der Waals surface area contributed by atoms with Crippen LogP contribution in [0.25, 0.3) is 0 Å². The first kappa shape index (κ1) is 12.9. The summed E-state index contributed by atoms with van der Waals surface area (Å²) in [6.07, 6.45) is 9.26. The van der Waals surface area contributed by atoms with Gasteiger partial charge in [-0.05, 0) is 25.2 Å². The number of aliphatic hydroxyl groups excluding tert-OH is 1. The van der Waals surface area contributed by atoms with Crippen LogP contribution >= 0.6 is 11.8 Å². The van der Waals surface area contributed by atoms with Crippen LogP contribution in [0.4, 0.5) is 0 Å². The molecule has 0 bridgehead atoms. The van der Waals surface area contributed by atoms with Crippen molar-refractivity contribution in [1.82, 2.24) is 15.1 Å². The van der Waals surface area contributed by atoms with Crippen molar-refractivity contribution in [2.24, 2.45) is 0 Å². The lowest BCUT2D eigenvalue weighted by atomic mass is 10.2. The third kappa shape index (κ3) is 3.72. The number of aliphatic hydroxyl groups is 1. The molecule has 1 aliphatic rings. The zero-order valence-electron chi connectivity index (χ0n) is 10.2. The highest BCUT2D eigenvalue weighted by Gasteiger charge is 2.26. The smallest absolute Gasteiger partial charge is 0.0860 e. The first-order chi connectivity index (χ1) is 8.29. The maximum absolute atomic E-state index is 9.91. The number of hydrogen-bond donors (Lipinski definition) is 2. The molecule has 0 aromatic carbocycles. The van der Waals surface area contributed by atoms with E-state index in [1.54, 1.807) is 10.9 Å². The van der Waals surface area contributed by atoms with Gasteiger partial charge in [0.05, 0.1) is 12.6 Å². The molecule has 1 fully saturated rings. The Morgan fingerprint density at radius 3 is 3.18 bits per heavy atom. The Morgan fingerprint density at radius 1 is 1.59 bits per heavy atom. The normalized spacial score (nSPS) is 26.2. The van der Waals surface area contributed by atoms with Crippen LogP contribution in [0.2, 0.25) is 0 Å². The fourth-order valence-corrected chi connectivity index (χ4v) is 3.38. The van der Waals surface area contributed by atoms with Crippen LogP contribution in [0.3, 0.4) is 0 Å². The van der Waals surface area contributed by atoms with Gasteiger partial charge in [0.1, 0.15) is 0 Å². The van der Waals surface area contributed by atoms with E-state index in [-0.39, 0.29) is 6.10 Å². The van der Waals surface area contributed by atoms with Crippen molar-refractivity contribution >= 4 is 11.8 Å². The second-order valence-electron chi connectivity index (χ2n) is 4.60. The highest BCUT2D eigenvalue weighted by molar-refractivity contribution is 7.99. The quantitative estimate of drug-likeness (QED) is 0.800. The Hall–Kier alpha value is -0.520. The van der Waals surface area contributed by atoms with E-state index in [1.807, 2.05) is 24.0 Å². The number of aromatic nitrogens is 2. The lowest BCUT2D eigenvalue weighted by molar-refractivity contribution is 0.143. The largest absolute Gasteiger partial charge is 0.390 e. The van der Waals surface area contributed by atoms with Crippen LogP contribution in [0, 0.1) is 0 Å². The Bertz CT molecular complexity index is 318. The Morgan fingerprint density at radius 2 is 2.47 bits per heavy atom. The lowest BCUT2D eigenvalue weighted by Crippen LogP contribution is -2.40. The van der Waals surface area contributed by atoms with E-state index < -0.39 is 0 Å². The zero-order chi connectivity index (χ0) is 12.1. The average molecular weight is 255 g/mol. The minimum absolute atomic E-state index is 0.363. The van der Waals surface area contributed by atoms with Gasteiger partial charge in [0.2, 0.25) is 0 Å². The monoisotopic (exact) mass is 255 g/mol. The summed E-state index contributed by atoms with van der Waals surface area (Å²) in [4.78, 5) is 0. The molecule has 3 unspecified atom stereocenters. The molecule has 17 heavy (non-hydrogen) atoms. The molecule has 1 heterocycles. The van der Waals surface area contributed by atoms with Gasteiger partial charge in [-0.2, -0.15) is 16.9 Å². The van der Waals surface area contributed by atoms with Crippen molar-refractivity contribution in [2.45, 2.75) is 43.2 Å². The predicted octanol–water partition coefficient (Wildman–Crippen LogP) is 1.12. The van der Waals surface area contributed by atoms with E-state index >= 15 is 0 Å². The number of nitrogens with zero attached hydrogens (tertiary/aromatic N) is 2. The topological polar surface area (TPSA) is 50.1 Å². The molecule has 1 aromatic rings. The summed E-state index contributed by atoms with van der Waals surface area (Å²) in [6.45, 7) is 1.22. The molecule has 3 atom stereocenters. The summed E-state index contributed by atoms with van der Waals surface area (Å²) in [5.41, 5.74) is 0. The molecule has 1 aliphatic carbocycles. The number of rotatable bonds is 6. The second kappa shape index (κ2) is 6.42. The van der Waals surface area contributed by atoms with E-state index in [9.17, 15) is 5.11 Å². The summed E-state index contributed by atoms with van der Waals surface area (Å²) >= 11 is 1.94. The first-order valence-electron chi connectivity index (χ1n) is 6.21. The molecule has 0 radical (unpaired) electrons. The van der Waals surface area contributed by atoms with Gasteiger partial charge in [-0.25, -0.2) is 0 Å². The molecule has 0 saturated heterocycles. The fraction of sp³-hybridized carbons (Fsp3) is 0.750. The maximum Gasteiger partial charge on any atom is 0.0860 e. The second-order valence-corrected chi connectivity index (χ2v) is 5.68. The van der Waals surface area contributed by atoms with Gasteiger partial charge in [0, 0.05) is 30.2 Å². The van der Waals surface area contributed by atoms with Gasteiger partial charge in [-0.1, -0.05) is 6.42 Å². The molecule has 1 aromatic heterocycles. The molecule has 0 spiro atoms. The predicted molar refractivity (Wildman–Crippen MR) is 71.2 cm³/mol. The molecule has 0 aliphatic heterocycles. The average Bonchev–Trinajstić information content (AvgIpc) is 2.96. The van der Waals surface area contributed by atoms with Gasteiger partial charge in [0.25, 0.3) is 0 Å². The van der Waals surface area contributed by atoms with Gasteiger partial charge < -0.3 is 10.4 Å². The highest BCUT2D eigenvalue weighted by Crippen LogP contribution is 2.28. The molecule has 0 amide bonds. The van der Waals surface area contributed by atoms with Crippen molar-refractivity contribution in [1.29, 1.82) is 0 Å². The van der Waals surface area contributed by atoms with E-state index in [0.29, 0.717) is 24.4 Å². The summed E-state index contributed by atoms with van der Waals surface area (Å²) in [5, 5.41) is 18.2. The van der Waals surface area contributed by atoms with Crippen molar-refractivity contribution in [2.75, 3.05) is 12.8 Å². The van der Waals surface area contributed by atoms with Crippen LogP contribution in [-0.2, 0) is 6.54 Å².